The van der Waals surface area contributed by atoms with E-state index < -0.39 is 17.5 Å². The van der Waals surface area contributed by atoms with E-state index >= 15 is 0 Å². The average molecular weight is 298 g/mol. The molecule has 1 aliphatic heterocycles. The Hall–Kier alpha value is -1.96. The van der Waals surface area contributed by atoms with Crippen molar-refractivity contribution in [2.24, 2.45) is 0 Å². The average Bonchev–Trinajstić information content (AvgIpc) is 3.08. The summed E-state index contributed by atoms with van der Waals surface area (Å²) in [6.45, 7) is 1.79. The maximum atomic E-state index is 13.4. The number of aromatic nitrogens is 3. The first-order valence-corrected chi connectivity index (χ1v) is 6.48. The lowest BCUT2D eigenvalue weighted by Crippen LogP contribution is -2.44. The molecule has 1 saturated heterocycles. The molecule has 1 unspecified atom stereocenters. The van der Waals surface area contributed by atoms with E-state index in [4.69, 9.17) is 4.52 Å². The van der Waals surface area contributed by atoms with Crippen molar-refractivity contribution >= 4 is 0 Å². The SMILES string of the molecule is Cc1cccc(-c2noc(C3(C(F)(F)F)CCNC3)n2)n1. The Labute approximate surface area is 118 Å². The minimum absolute atomic E-state index is 0.0734. The molecule has 1 atom stereocenters. The topological polar surface area (TPSA) is 63.8 Å². The number of alkyl halides is 3. The van der Waals surface area contributed by atoms with Crippen molar-refractivity contribution in [2.45, 2.75) is 24.9 Å². The van der Waals surface area contributed by atoms with E-state index in [-0.39, 0.29) is 25.3 Å². The summed E-state index contributed by atoms with van der Waals surface area (Å²) >= 11 is 0. The smallest absolute Gasteiger partial charge is 0.338 e. The maximum Gasteiger partial charge on any atom is 0.404 e. The Morgan fingerprint density at radius 1 is 1.29 bits per heavy atom. The summed E-state index contributed by atoms with van der Waals surface area (Å²) < 4.78 is 45.1. The Balaban J connectivity index is 2.01. The zero-order valence-electron chi connectivity index (χ0n) is 11.2. The van der Waals surface area contributed by atoms with Crippen LogP contribution < -0.4 is 5.32 Å². The quantitative estimate of drug-likeness (QED) is 0.921. The van der Waals surface area contributed by atoms with E-state index in [1.807, 2.05) is 0 Å². The van der Waals surface area contributed by atoms with Crippen molar-refractivity contribution in [3.63, 3.8) is 0 Å². The lowest BCUT2D eigenvalue weighted by molar-refractivity contribution is -0.191. The van der Waals surface area contributed by atoms with Crippen LogP contribution in [-0.2, 0) is 5.41 Å². The van der Waals surface area contributed by atoms with Gasteiger partial charge in [0.2, 0.25) is 11.7 Å². The third-order valence-corrected chi connectivity index (χ3v) is 3.65. The summed E-state index contributed by atoms with van der Waals surface area (Å²) in [4.78, 5) is 8.13. The fourth-order valence-electron chi connectivity index (χ4n) is 2.43. The predicted octanol–water partition coefficient (Wildman–Crippen LogP) is 2.23. The summed E-state index contributed by atoms with van der Waals surface area (Å²) in [7, 11) is 0. The van der Waals surface area contributed by atoms with Crippen molar-refractivity contribution in [1.29, 1.82) is 0 Å². The number of hydrogen-bond acceptors (Lipinski definition) is 5. The lowest BCUT2D eigenvalue weighted by Gasteiger charge is -2.26. The number of pyridine rings is 1. The predicted molar refractivity (Wildman–Crippen MR) is 67.5 cm³/mol. The molecule has 8 heteroatoms. The highest BCUT2D eigenvalue weighted by atomic mass is 19.4. The van der Waals surface area contributed by atoms with Crippen molar-refractivity contribution < 1.29 is 17.7 Å². The number of aryl methyl sites for hydroxylation is 1. The van der Waals surface area contributed by atoms with Crippen LogP contribution in [0.3, 0.4) is 0 Å². The fourth-order valence-corrected chi connectivity index (χ4v) is 2.43. The second kappa shape index (κ2) is 4.80. The van der Waals surface area contributed by atoms with Crippen molar-refractivity contribution in [1.82, 2.24) is 20.4 Å². The molecular weight excluding hydrogens is 285 g/mol. The van der Waals surface area contributed by atoms with Gasteiger partial charge in [0.05, 0.1) is 0 Å². The third-order valence-electron chi connectivity index (χ3n) is 3.65. The van der Waals surface area contributed by atoms with Crippen LogP contribution in [-0.4, -0.2) is 34.4 Å². The van der Waals surface area contributed by atoms with Crippen LogP contribution in [0.2, 0.25) is 0 Å². The second-order valence-corrected chi connectivity index (χ2v) is 5.09. The van der Waals surface area contributed by atoms with Crippen LogP contribution in [0.5, 0.6) is 0 Å². The van der Waals surface area contributed by atoms with Gasteiger partial charge in [-0.05, 0) is 32.0 Å². The van der Waals surface area contributed by atoms with Crippen molar-refractivity contribution in [3.8, 4) is 11.5 Å². The minimum atomic E-state index is -4.44. The molecule has 0 aromatic carbocycles. The third kappa shape index (κ3) is 2.29. The highest BCUT2D eigenvalue weighted by molar-refractivity contribution is 5.48. The first-order valence-electron chi connectivity index (χ1n) is 6.48. The number of halogens is 3. The molecule has 3 heterocycles. The summed E-state index contributed by atoms with van der Waals surface area (Å²) in [6, 6.07) is 5.15. The summed E-state index contributed by atoms with van der Waals surface area (Å²) in [5.74, 6) is -0.331. The van der Waals surface area contributed by atoms with Crippen LogP contribution in [0.1, 0.15) is 18.0 Å². The van der Waals surface area contributed by atoms with Gasteiger partial charge in [0, 0.05) is 12.2 Å². The monoisotopic (exact) mass is 298 g/mol. The standard InChI is InChI=1S/C13H13F3N4O/c1-8-3-2-4-9(18-8)10-19-11(21-20-10)12(13(14,15)16)5-6-17-7-12/h2-4,17H,5-7H2,1H3. The van der Waals surface area contributed by atoms with Gasteiger partial charge in [-0.15, -0.1) is 0 Å². The molecule has 0 radical (unpaired) electrons. The van der Waals surface area contributed by atoms with Crippen LogP contribution >= 0.6 is 0 Å². The van der Waals surface area contributed by atoms with Crippen LogP contribution in [0.25, 0.3) is 11.5 Å². The maximum absolute atomic E-state index is 13.4. The Morgan fingerprint density at radius 2 is 2.10 bits per heavy atom. The van der Waals surface area contributed by atoms with Crippen molar-refractivity contribution in [3.05, 3.63) is 29.8 Å². The molecule has 5 nitrogen and oxygen atoms in total. The molecule has 112 valence electrons. The van der Waals surface area contributed by atoms with Gasteiger partial charge in [0.15, 0.2) is 5.41 Å². The van der Waals surface area contributed by atoms with E-state index in [9.17, 15) is 13.2 Å². The van der Waals surface area contributed by atoms with E-state index in [1.54, 1.807) is 25.1 Å². The molecule has 0 spiro atoms. The van der Waals surface area contributed by atoms with E-state index in [1.165, 1.54) is 0 Å². The molecule has 0 amide bonds. The van der Waals surface area contributed by atoms with Gasteiger partial charge in [0.1, 0.15) is 5.69 Å². The van der Waals surface area contributed by atoms with Crippen molar-refractivity contribution in [2.75, 3.05) is 13.1 Å². The Morgan fingerprint density at radius 3 is 2.71 bits per heavy atom. The molecule has 0 bridgehead atoms. The second-order valence-electron chi connectivity index (χ2n) is 5.09. The molecule has 1 N–H and O–H groups in total. The minimum Gasteiger partial charge on any atom is -0.338 e. The van der Waals surface area contributed by atoms with Gasteiger partial charge in [0.25, 0.3) is 0 Å². The normalized spacial score (nSPS) is 22.7. The van der Waals surface area contributed by atoms with Gasteiger partial charge < -0.3 is 9.84 Å². The number of hydrogen-bond donors (Lipinski definition) is 1. The largest absolute Gasteiger partial charge is 0.404 e. The first-order chi connectivity index (χ1) is 9.92. The molecule has 21 heavy (non-hydrogen) atoms. The zero-order valence-corrected chi connectivity index (χ0v) is 11.2. The highest BCUT2D eigenvalue weighted by Crippen LogP contribution is 2.44. The van der Waals surface area contributed by atoms with Crippen LogP contribution in [0.4, 0.5) is 13.2 Å². The molecule has 2 aromatic heterocycles. The number of rotatable bonds is 2. The van der Waals surface area contributed by atoms with E-state index in [2.05, 4.69) is 20.4 Å². The first kappa shape index (κ1) is 14.0. The number of nitrogens with zero attached hydrogens (tertiary/aromatic N) is 3. The van der Waals surface area contributed by atoms with Gasteiger partial charge in [-0.2, -0.15) is 18.2 Å². The van der Waals surface area contributed by atoms with E-state index in [0.717, 1.165) is 5.69 Å². The molecule has 0 aliphatic carbocycles. The lowest BCUT2D eigenvalue weighted by atomic mass is 9.86. The summed E-state index contributed by atoms with van der Waals surface area (Å²) in [5.41, 5.74) is -0.984. The van der Waals surface area contributed by atoms with E-state index in [0.29, 0.717) is 5.69 Å². The molecule has 1 fully saturated rings. The Bertz CT molecular complexity index is 647. The summed E-state index contributed by atoms with van der Waals surface area (Å²) in [6.07, 6.45) is -4.56. The molecule has 1 aliphatic rings. The van der Waals surface area contributed by atoms with Gasteiger partial charge in [-0.3, -0.25) is 0 Å². The highest BCUT2D eigenvalue weighted by Gasteiger charge is 2.61. The fraction of sp³-hybridized carbons (Fsp3) is 0.462. The molecular formula is C13H13F3N4O. The molecule has 2 aromatic rings. The zero-order chi connectivity index (χ0) is 15.1. The molecule has 3 rings (SSSR count). The van der Waals surface area contributed by atoms with Gasteiger partial charge >= 0.3 is 6.18 Å². The molecule has 0 saturated carbocycles. The summed E-state index contributed by atoms with van der Waals surface area (Å²) in [5, 5.41) is 6.37. The van der Waals surface area contributed by atoms with Crippen LogP contribution in [0.15, 0.2) is 22.7 Å². The Kier molecular flexibility index (Phi) is 3.20. The van der Waals surface area contributed by atoms with Gasteiger partial charge in [-0.1, -0.05) is 11.2 Å². The number of nitrogens with one attached hydrogen (secondary N) is 1. The van der Waals surface area contributed by atoms with Gasteiger partial charge in [-0.25, -0.2) is 4.98 Å². The van der Waals surface area contributed by atoms with Crippen LogP contribution in [0, 0.1) is 6.92 Å².